The summed E-state index contributed by atoms with van der Waals surface area (Å²) < 4.78 is 5.57. The zero-order valence-corrected chi connectivity index (χ0v) is 12.2. The second-order valence-corrected chi connectivity index (χ2v) is 9.12. The topological polar surface area (TPSA) is 32.3 Å². The van der Waals surface area contributed by atoms with E-state index in [0.717, 1.165) is 0 Å². The third-order valence-corrected chi connectivity index (χ3v) is 6.89. The van der Waals surface area contributed by atoms with Crippen LogP contribution in [-0.4, -0.2) is 21.5 Å². The van der Waals surface area contributed by atoms with Gasteiger partial charge in [0, 0.05) is 6.61 Å². The smallest absolute Gasteiger partial charge is 0.853 e. The van der Waals surface area contributed by atoms with Gasteiger partial charge in [0.2, 0.25) is 0 Å². The van der Waals surface area contributed by atoms with E-state index in [-0.39, 0.29) is 41.2 Å². The molecule has 0 spiro atoms. The Bertz CT molecular complexity index is 121. The van der Waals surface area contributed by atoms with Gasteiger partial charge < -0.3 is 9.53 Å². The molecule has 0 bridgehead atoms. The van der Waals surface area contributed by atoms with Gasteiger partial charge in [-0.05, 0) is 18.1 Å². The van der Waals surface area contributed by atoms with Gasteiger partial charge in [-0.15, -0.1) is 6.61 Å². The van der Waals surface area contributed by atoms with Gasteiger partial charge in [0.1, 0.15) is 0 Å². The zero-order valence-electron chi connectivity index (χ0n) is 9.23. The molecule has 12 heavy (non-hydrogen) atoms. The van der Waals surface area contributed by atoms with Gasteiger partial charge >= 0.3 is 29.6 Å². The minimum atomic E-state index is -1.63. The van der Waals surface area contributed by atoms with Crippen LogP contribution in [0.2, 0.25) is 18.1 Å². The van der Waals surface area contributed by atoms with Crippen molar-refractivity contribution >= 4 is 8.32 Å². The Morgan fingerprint density at radius 2 is 1.67 bits per heavy atom. The summed E-state index contributed by atoms with van der Waals surface area (Å²) in [6.45, 7) is 11.1. The Balaban J connectivity index is 0. The molecule has 0 atom stereocenters. The summed E-state index contributed by atoms with van der Waals surface area (Å²) >= 11 is 0. The van der Waals surface area contributed by atoms with E-state index in [1.807, 2.05) is 0 Å². The molecule has 0 aromatic carbocycles. The first-order valence-corrected chi connectivity index (χ1v) is 6.94. The van der Waals surface area contributed by atoms with Crippen LogP contribution in [0.5, 0.6) is 0 Å². The van der Waals surface area contributed by atoms with E-state index in [9.17, 15) is 5.11 Å². The zero-order chi connectivity index (χ0) is 9.12. The summed E-state index contributed by atoms with van der Waals surface area (Å²) in [6.07, 6.45) is 0. The molecule has 0 aliphatic heterocycles. The number of hydrogen-bond acceptors (Lipinski definition) is 2. The molecule has 0 saturated carbocycles. The van der Waals surface area contributed by atoms with Gasteiger partial charge in [-0.25, -0.2) is 0 Å². The first-order chi connectivity index (χ1) is 4.81. The van der Waals surface area contributed by atoms with E-state index in [1.165, 1.54) is 0 Å². The van der Waals surface area contributed by atoms with Crippen molar-refractivity contribution in [2.75, 3.05) is 13.2 Å². The summed E-state index contributed by atoms with van der Waals surface area (Å²) in [5.74, 6) is 0. The quantitative estimate of drug-likeness (QED) is 0.510. The molecule has 0 aromatic heterocycles. The van der Waals surface area contributed by atoms with E-state index in [1.54, 1.807) is 0 Å². The van der Waals surface area contributed by atoms with Gasteiger partial charge in [-0.3, -0.25) is 0 Å². The van der Waals surface area contributed by atoms with Crippen molar-refractivity contribution in [2.45, 2.75) is 38.9 Å². The van der Waals surface area contributed by atoms with Crippen LogP contribution in [-0.2, 0) is 4.43 Å². The molecule has 4 heteroatoms. The fourth-order valence-electron chi connectivity index (χ4n) is 0.513. The second-order valence-electron chi connectivity index (χ2n) is 4.31. The molecule has 0 aromatic rings. The van der Waals surface area contributed by atoms with Gasteiger partial charge in [0.05, 0.1) is 0 Å². The molecule has 0 unspecified atom stereocenters. The van der Waals surface area contributed by atoms with E-state index in [0.29, 0.717) is 6.61 Å². The Morgan fingerprint density at radius 3 is 1.92 bits per heavy atom. The van der Waals surface area contributed by atoms with Crippen molar-refractivity contribution in [1.29, 1.82) is 0 Å². The van der Waals surface area contributed by atoms with E-state index in [2.05, 4.69) is 33.9 Å². The van der Waals surface area contributed by atoms with Crippen LogP contribution in [0.3, 0.4) is 0 Å². The molecule has 0 amide bonds. The van der Waals surface area contributed by atoms with Crippen molar-refractivity contribution in [3.63, 3.8) is 0 Å². The molecule has 68 valence electrons. The largest absolute Gasteiger partial charge is 1.00 e. The van der Waals surface area contributed by atoms with E-state index >= 15 is 0 Å². The van der Waals surface area contributed by atoms with Crippen LogP contribution in [0.4, 0.5) is 0 Å². The van der Waals surface area contributed by atoms with Crippen molar-refractivity contribution < 1.29 is 39.1 Å². The molecule has 0 rings (SSSR count). The minimum Gasteiger partial charge on any atom is -0.853 e. The predicted molar refractivity (Wildman–Crippen MR) is 48.0 cm³/mol. The van der Waals surface area contributed by atoms with Crippen LogP contribution in [0.25, 0.3) is 0 Å². The van der Waals surface area contributed by atoms with Crippen LogP contribution in [0.1, 0.15) is 20.8 Å². The molecular formula is C8H19NaO2Si. The Morgan fingerprint density at radius 1 is 1.25 bits per heavy atom. The molecule has 0 heterocycles. The SMILES string of the molecule is CC(C)(C)[Si](C)(C)OCC[O-].[Na+]. The van der Waals surface area contributed by atoms with Gasteiger partial charge in [0.25, 0.3) is 0 Å². The maximum absolute atomic E-state index is 10.2. The van der Waals surface area contributed by atoms with Crippen LogP contribution < -0.4 is 34.7 Å². The molecule has 0 fully saturated rings. The average Bonchev–Trinajstić information content (AvgIpc) is 1.81. The van der Waals surface area contributed by atoms with Crippen molar-refractivity contribution in [1.82, 2.24) is 0 Å². The van der Waals surface area contributed by atoms with Crippen molar-refractivity contribution in [3.8, 4) is 0 Å². The molecule has 0 aliphatic carbocycles. The molecular weight excluding hydrogens is 179 g/mol. The first kappa shape index (κ1) is 15.6. The van der Waals surface area contributed by atoms with Gasteiger partial charge in [0.15, 0.2) is 8.32 Å². The summed E-state index contributed by atoms with van der Waals surface area (Å²) in [7, 11) is -1.63. The average molecular weight is 198 g/mol. The summed E-state index contributed by atoms with van der Waals surface area (Å²) in [4.78, 5) is 0. The van der Waals surface area contributed by atoms with Gasteiger partial charge in [-0.1, -0.05) is 20.8 Å². The fourth-order valence-corrected chi connectivity index (χ4v) is 1.54. The van der Waals surface area contributed by atoms with Crippen molar-refractivity contribution in [2.24, 2.45) is 0 Å². The van der Waals surface area contributed by atoms with E-state index in [4.69, 9.17) is 4.43 Å². The van der Waals surface area contributed by atoms with Crippen LogP contribution in [0.15, 0.2) is 0 Å². The summed E-state index contributed by atoms with van der Waals surface area (Å²) in [5, 5.41) is 10.4. The normalized spacial score (nSPS) is 12.5. The Hall–Kier alpha value is 1.14. The fraction of sp³-hybridized carbons (Fsp3) is 1.00. The molecule has 0 radical (unpaired) electrons. The number of hydrogen-bond donors (Lipinski definition) is 0. The first-order valence-electron chi connectivity index (χ1n) is 4.03. The van der Waals surface area contributed by atoms with Crippen LogP contribution >= 0.6 is 0 Å². The number of rotatable bonds is 3. The Kier molecular flexibility index (Phi) is 7.52. The maximum atomic E-state index is 10.2. The molecule has 2 nitrogen and oxygen atoms in total. The minimum absolute atomic E-state index is 0. The predicted octanol–water partition coefficient (Wildman–Crippen LogP) is -1.63. The van der Waals surface area contributed by atoms with Gasteiger partial charge in [-0.2, -0.15) is 0 Å². The third-order valence-electron chi connectivity index (χ3n) is 2.35. The van der Waals surface area contributed by atoms with Crippen molar-refractivity contribution in [3.05, 3.63) is 0 Å². The maximum Gasteiger partial charge on any atom is 1.00 e. The summed E-state index contributed by atoms with van der Waals surface area (Å²) in [6, 6.07) is 0. The monoisotopic (exact) mass is 198 g/mol. The third kappa shape index (κ3) is 4.99. The standard InChI is InChI=1S/C8H19O2Si.Na/c1-8(2,3)11(4,5)10-7-6-9;/h6-7H2,1-5H3;/q-1;+1. The molecule has 0 saturated heterocycles. The summed E-state index contributed by atoms with van der Waals surface area (Å²) in [5.41, 5.74) is 0. The molecule has 0 N–H and O–H groups in total. The second kappa shape index (κ2) is 5.78. The molecule has 0 aliphatic rings. The Labute approximate surface area is 99.1 Å². The van der Waals surface area contributed by atoms with Crippen LogP contribution in [0, 0.1) is 0 Å². The van der Waals surface area contributed by atoms with E-state index < -0.39 is 8.32 Å².